The second kappa shape index (κ2) is 6.54. The zero-order chi connectivity index (χ0) is 17.3. The van der Waals surface area contributed by atoms with Gasteiger partial charge in [-0.3, -0.25) is 0 Å². The standard InChI is InChI=1S/C15H19F3N4O2/c16-15(17,18)12-9-11(13(23)24)19-14(20-12)22-7-3-10(4-8-22)21-5-1-2-6-21/h9-10H,1-8H2,(H,23,24). The number of piperidine rings is 1. The molecule has 3 heterocycles. The summed E-state index contributed by atoms with van der Waals surface area (Å²) < 4.78 is 38.8. The van der Waals surface area contributed by atoms with Gasteiger partial charge in [0.25, 0.3) is 0 Å². The SMILES string of the molecule is O=C(O)c1cc(C(F)(F)F)nc(N2CCC(N3CCCC3)CC2)n1. The highest BCUT2D eigenvalue weighted by atomic mass is 19.4. The van der Waals surface area contributed by atoms with E-state index in [4.69, 9.17) is 5.11 Å². The lowest BCUT2D eigenvalue weighted by atomic mass is 10.0. The first-order chi connectivity index (χ1) is 11.3. The van der Waals surface area contributed by atoms with Crippen LogP contribution in [0, 0.1) is 0 Å². The molecule has 1 aromatic heterocycles. The highest BCUT2D eigenvalue weighted by Gasteiger charge is 2.35. The van der Waals surface area contributed by atoms with Crippen molar-refractivity contribution in [2.75, 3.05) is 31.1 Å². The molecular weight excluding hydrogens is 325 g/mol. The summed E-state index contributed by atoms with van der Waals surface area (Å²) in [4.78, 5) is 22.5. The second-order valence-electron chi connectivity index (χ2n) is 6.20. The largest absolute Gasteiger partial charge is 0.477 e. The minimum Gasteiger partial charge on any atom is -0.477 e. The van der Waals surface area contributed by atoms with Gasteiger partial charge in [-0.25, -0.2) is 14.8 Å². The number of halogens is 3. The second-order valence-corrected chi connectivity index (χ2v) is 6.20. The zero-order valence-corrected chi connectivity index (χ0v) is 13.1. The number of anilines is 1. The number of alkyl halides is 3. The third kappa shape index (κ3) is 3.61. The number of likely N-dealkylation sites (tertiary alicyclic amines) is 1. The van der Waals surface area contributed by atoms with E-state index in [1.807, 2.05) is 0 Å². The minimum absolute atomic E-state index is 0.151. The van der Waals surface area contributed by atoms with Gasteiger partial charge in [0.1, 0.15) is 0 Å². The molecular formula is C15H19F3N4O2. The topological polar surface area (TPSA) is 69.6 Å². The first-order valence-corrected chi connectivity index (χ1v) is 8.03. The van der Waals surface area contributed by atoms with Crippen LogP contribution < -0.4 is 4.90 Å². The number of hydrogen-bond acceptors (Lipinski definition) is 5. The molecule has 2 aliphatic rings. The van der Waals surface area contributed by atoms with Gasteiger partial charge in [-0.1, -0.05) is 0 Å². The maximum absolute atomic E-state index is 12.9. The predicted octanol–water partition coefficient (Wildman–Crippen LogP) is 2.26. The Morgan fingerprint density at radius 1 is 1.12 bits per heavy atom. The van der Waals surface area contributed by atoms with E-state index >= 15 is 0 Å². The normalized spacial score (nSPS) is 20.5. The highest BCUT2D eigenvalue weighted by molar-refractivity contribution is 5.85. The van der Waals surface area contributed by atoms with Crippen molar-refractivity contribution in [3.8, 4) is 0 Å². The molecule has 0 aliphatic carbocycles. The van der Waals surface area contributed by atoms with E-state index in [1.54, 1.807) is 4.90 Å². The van der Waals surface area contributed by atoms with E-state index in [0.29, 0.717) is 25.2 Å². The average molecular weight is 344 g/mol. The molecule has 0 amide bonds. The van der Waals surface area contributed by atoms with E-state index in [-0.39, 0.29) is 5.95 Å². The van der Waals surface area contributed by atoms with Crippen LogP contribution in [0.15, 0.2) is 6.07 Å². The van der Waals surface area contributed by atoms with Crippen LogP contribution in [0.2, 0.25) is 0 Å². The first kappa shape index (κ1) is 16.9. The Morgan fingerprint density at radius 3 is 2.29 bits per heavy atom. The van der Waals surface area contributed by atoms with Crippen molar-refractivity contribution in [1.29, 1.82) is 0 Å². The maximum atomic E-state index is 12.9. The number of carbonyl (C=O) groups is 1. The minimum atomic E-state index is -4.70. The van der Waals surface area contributed by atoms with Crippen LogP contribution in [0.5, 0.6) is 0 Å². The van der Waals surface area contributed by atoms with E-state index in [0.717, 1.165) is 25.9 Å². The fraction of sp³-hybridized carbons (Fsp3) is 0.667. The molecule has 1 N–H and O–H groups in total. The highest BCUT2D eigenvalue weighted by Crippen LogP contribution is 2.30. The number of nitrogens with zero attached hydrogens (tertiary/aromatic N) is 4. The summed E-state index contributed by atoms with van der Waals surface area (Å²) in [6, 6.07) is 0.913. The Morgan fingerprint density at radius 2 is 1.75 bits per heavy atom. The van der Waals surface area contributed by atoms with Crippen LogP contribution in [0.25, 0.3) is 0 Å². The molecule has 0 radical (unpaired) electrons. The smallest absolute Gasteiger partial charge is 0.433 e. The summed E-state index contributed by atoms with van der Waals surface area (Å²) in [5.74, 6) is -1.64. The number of carboxylic acid groups (broad SMARTS) is 1. The Hall–Kier alpha value is -1.90. The number of rotatable bonds is 3. The van der Waals surface area contributed by atoms with Gasteiger partial charge in [0.15, 0.2) is 11.4 Å². The molecule has 2 aliphatic heterocycles. The molecule has 2 fully saturated rings. The van der Waals surface area contributed by atoms with Crippen molar-refractivity contribution in [3.63, 3.8) is 0 Å². The Bertz CT molecular complexity index is 609. The van der Waals surface area contributed by atoms with Crippen LogP contribution >= 0.6 is 0 Å². The van der Waals surface area contributed by atoms with Crippen molar-refractivity contribution in [2.24, 2.45) is 0 Å². The molecule has 0 bridgehead atoms. The number of carboxylic acids is 1. The van der Waals surface area contributed by atoms with Crippen molar-refractivity contribution < 1.29 is 23.1 Å². The maximum Gasteiger partial charge on any atom is 0.433 e. The Balaban J connectivity index is 1.77. The molecule has 0 unspecified atom stereocenters. The van der Waals surface area contributed by atoms with Gasteiger partial charge >= 0.3 is 12.1 Å². The lowest BCUT2D eigenvalue weighted by Gasteiger charge is -2.36. The summed E-state index contributed by atoms with van der Waals surface area (Å²) >= 11 is 0. The molecule has 0 spiro atoms. The number of aromatic nitrogens is 2. The van der Waals surface area contributed by atoms with Gasteiger partial charge in [-0.15, -0.1) is 0 Å². The molecule has 132 valence electrons. The van der Waals surface area contributed by atoms with Gasteiger partial charge in [0.05, 0.1) is 0 Å². The quantitative estimate of drug-likeness (QED) is 0.907. The van der Waals surface area contributed by atoms with E-state index in [9.17, 15) is 18.0 Å². The lowest BCUT2D eigenvalue weighted by molar-refractivity contribution is -0.141. The van der Waals surface area contributed by atoms with Crippen LogP contribution in [-0.2, 0) is 6.18 Å². The van der Waals surface area contributed by atoms with Crippen LogP contribution in [-0.4, -0.2) is 58.2 Å². The average Bonchev–Trinajstić information content (AvgIpc) is 3.08. The number of hydrogen-bond donors (Lipinski definition) is 1. The first-order valence-electron chi connectivity index (χ1n) is 8.03. The van der Waals surface area contributed by atoms with E-state index in [2.05, 4.69) is 14.9 Å². The van der Waals surface area contributed by atoms with Crippen molar-refractivity contribution in [2.45, 2.75) is 37.9 Å². The molecule has 6 nitrogen and oxygen atoms in total. The molecule has 0 saturated carbocycles. The summed E-state index contributed by atoms with van der Waals surface area (Å²) in [6.07, 6.45) is -0.669. The molecule has 3 rings (SSSR count). The van der Waals surface area contributed by atoms with Crippen molar-refractivity contribution in [3.05, 3.63) is 17.5 Å². The molecule has 0 aromatic carbocycles. The fourth-order valence-corrected chi connectivity index (χ4v) is 3.37. The zero-order valence-electron chi connectivity index (χ0n) is 13.1. The third-order valence-electron chi connectivity index (χ3n) is 4.63. The Kier molecular flexibility index (Phi) is 4.62. The van der Waals surface area contributed by atoms with Crippen LogP contribution in [0.3, 0.4) is 0 Å². The van der Waals surface area contributed by atoms with Crippen LogP contribution in [0.4, 0.5) is 19.1 Å². The molecule has 1 aromatic rings. The lowest BCUT2D eigenvalue weighted by Crippen LogP contribution is -2.44. The van der Waals surface area contributed by atoms with Gasteiger partial charge < -0.3 is 14.9 Å². The van der Waals surface area contributed by atoms with Gasteiger partial charge in [0, 0.05) is 25.2 Å². The monoisotopic (exact) mass is 344 g/mol. The van der Waals surface area contributed by atoms with Gasteiger partial charge in [-0.2, -0.15) is 13.2 Å². The van der Waals surface area contributed by atoms with E-state index in [1.165, 1.54) is 12.8 Å². The summed E-state index contributed by atoms with van der Waals surface area (Å²) in [5, 5.41) is 9.00. The molecule has 9 heteroatoms. The molecule has 2 saturated heterocycles. The molecule has 24 heavy (non-hydrogen) atoms. The summed E-state index contributed by atoms with van der Waals surface area (Å²) in [7, 11) is 0. The van der Waals surface area contributed by atoms with Crippen molar-refractivity contribution >= 4 is 11.9 Å². The van der Waals surface area contributed by atoms with Gasteiger partial charge in [-0.05, 0) is 38.8 Å². The van der Waals surface area contributed by atoms with Crippen molar-refractivity contribution in [1.82, 2.24) is 14.9 Å². The fourth-order valence-electron chi connectivity index (χ4n) is 3.37. The van der Waals surface area contributed by atoms with Gasteiger partial charge in [0.2, 0.25) is 5.95 Å². The predicted molar refractivity (Wildman–Crippen MR) is 80.0 cm³/mol. The summed E-state index contributed by atoms with van der Waals surface area (Å²) in [6.45, 7) is 3.21. The van der Waals surface area contributed by atoms with Crippen LogP contribution in [0.1, 0.15) is 41.9 Å². The number of aromatic carboxylic acids is 1. The molecule has 0 atom stereocenters. The van der Waals surface area contributed by atoms with E-state index < -0.39 is 23.5 Å². The Labute approximate surface area is 137 Å². The summed E-state index contributed by atoms with van der Waals surface area (Å²) in [5.41, 5.74) is -1.85. The third-order valence-corrected chi connectivity index (χ3v) is 4.63.